The number of rotatable bonds is 11. The van der Waals surface area contributed by atoms with Crippen LogP contribution in [0.5, 0.6) is 5.75 Å². The topological polar surface area (TPSA) is 114 Å². The van der Waals surface area contributed by atoms with Gasteiger partial charge in [-0.2, -0.15) is 8.78 Å². The number of carbonyl (C=O) groups excluding carboxylic acids is 3. The molecule has 1 aromatic carbocycles. The molecule has 1 saturated heterocycles. The molecule has 0 radical (unpaired) electrons. The largest absolute Gasteiger partial charge is 0.433 e. The molecule has 2 aliphatic rings. The molecule has 13 heteroatoms. The number of hydrogen-bond donors (Lipinski definition) is 2. The highest BCUT2D eigenvalue weighted by atomic mass is 19.3. The lowest BCUT2D eigenvalue weighted by molar-refractivity contribution is -0.133. The van der Waals surface area contributed by atoms with Crippen molar-refractivity contribution < 1.29 is 41.4 Å². The van der Waals surface area contributed by atoms with Crippen molar-refractivity contribution in [3.63, 3.8) is 0 Å². The number of nitrogens with zero attached hydrogens (tertiary/aromatic N) is 2. The van der Waals surface area contributed by atoms with E-state index in [0.29, 0.717) is 0 Å². The van der Waals surface area contributed by atoms with E-state index in [2.05, 4.69) is 10.1 Å². The Labute approximate surface area is 186 Å². The van der Waals surface area contributed by atoms with E-state index in [0.717, 1.165) is 23.8 Å². The average Bonchev–Trinajstić information content (AvgIpc) is 3.52. The van der Waals surface area contributed by atoms with E-state index >= 15 is 0 Å². The first-order chi connectivity index (χ1) is 15.7. The molecule has 0 unspecified atom stereocenters. The van der Waals surface area contributed by atoms with Gasteiger partial charge in [0.05, 0.1) is 18.8 Å². The maximum atomic E-state index is 13.0. The minimum absolute atomic E-state index is 0.0427. The number of carbonyl (C=O) groups is 3. The van der Waals surface area contributed by atoms with Crippen LogP contribution in [-0.4, -0.2) is 74.5 Å². The first-order valence-electron chi connectivity index (χ1n) is 10.2. The highest BCUT2D eigenvalue weighted by Crippen LogP contribution is 2.34. The summed E-state index contributed by atoms with van der Waals surface area (Å²) in [6.45, 7) is -3.87. The van der Waals surface area contributed by atoms with Gasteiger partial charge in [0.2, 0.25) is 5.91 Å². The third kappa shape index (κ3) is 6.78. The number of nitrogens with one attached hydrogen (secondary N) is 1. The molecule has 0 aromatic heterocycles. The zero-order chi connectivity index (χ0) is 24.1. The van der Waals surface area contributed by atoms with E-state index in [4.69, 9.17) is 10.5 Å². The van der Waals surface area contributed by atoms with E-state index in [1.807, 2.05) is 0 Å². The van der Waals surface area contributed by atoms with Gasteiger partial charge in [-0.3, -0.25) is 19.3 Å². The Morgan fingerprint density at radius 3 is 2.58 bits per heavy atom. The first-order valence-corrected chi connectivity index (χ1v) is 10.2. The van der Waals surface area contributed by atoms with Crippen LogP contribution in [0.3, 0.4) is 0 Å². The summed E-state index contributed by atoms with van der Waals surface area (Å²) in [6.07, 6.45) is -1.21. The van der Waals surface area contributed by atoms with E-state index < -0.39 is 49.1 Å². The fraction of sp³-hybridized carbons (Fsp3) is 0.550. The molecule has 3 rings (SSSR count). The third-order valence-electron chi connectivity index (χ3n) is 5.17. The highest BCUT2D eigenvalue weighted by Gasteiger charge is 2.37. The lowest BCUT2D eigenvalue weighted by Crippen LogP contribution is -2.54. The van der Waals surface area contributed by atoms with Gasteiger partial charge in [0.15, 0.2) is 11.8 Å². The quantitative estimate of drug-likeness (QED) is 0.369. The van der Waals surface area contributed by atoms with Crippen molar-refractivity contribution >= 4 is 29.1 Å². The zero-order valence-corrected chi connectivity index (χ0v) is 17.5. The van der Waals surface area contributed by atoms with Gasteiger partial charge < -0.3 is 25.4 Å². The van der Waals surface area contributed by atoms with Crippen LogP contribution in [0.2, 0.25) is 0 Å². The molecule has 1 atom stereocenters. The van der Waals surface area contributed by atoms with Gasteiger partial charge in [-0.1, -0.05) is 0 Å². The molecule has 33 heavy (non-hydrogen) atoms. The SMILES string of the molecule is NC(=O)[C@H](C(=O)Nc1ccc(N2CCOCC2=O)c(OC(F)F)c1)N(CC(F)F)CC1CC1. The Bertz CT molecular complexity index is 880. The maximum Gasteiger partial charge on any atom is 0.387 e. The number of benzene rings is 1. The number of morpholine rings is 1. The Morgan fingerprint density at radius 1 is 1.27 bits per heavy atom. The molecule has 3 N–H and O–H groups in total. The van der Waals surface area contributed by atoms with Gasteiger partial charge in [-0.25, -0.2) is 8.78 Å². The summed E-state index contributed by atoms with van der Waals surface area (Å²) in [7, 11) is 0. The van der Waals surface area contributed by atoms with Crippen LogP contribution in [0.1, 0.15) is 12.8 Å². The number of halogens is 4. The van der Waals surface area contributed by atoms with Crippen molar-refractivity contribution in [1.82, 2.24) is 4.90 Å². The van der Waals surface area contributed by atoms with Gasteiger partial charge >= 0.3 is 6.61 Å². The first kappa shape index (κ1) is 24.7. The van der Waals surface area contributed by atoms with E-state index in [1.54, 1.807) is 0 Å². The number of amides is 3. The van der Waals surface area contributed by atoms with Crippen LogP contribution < -0.4 is 20.7 Å². The second-order valence-corrected chi connectivity index (χ2v) is 7.74. The van der Waals surface area contributed by atoms with Crippen LogP contribution in [0, 0.1) is 5.92 Å². The van der Waals surface area contributed by atoms with Gasteiger partial charge in [-0.15, -0.1) is 0 Å². The molecule has 0 spiro atoms. The Balaban J connectivity index is 1.82. The lowest BCUT2D eigenvalue weighted by atomic mass is 10.1. The fourth-order valence-corrected chi connectivity index (χ4v) is 3.56. The molecule has 1 saturated carbocycles. The average molecular weight is 476 g/mol. The Morgan fingerprint density at radius 2 is 2.00 bits per heavy atom. The smallest absolute Gasteiger partial charge is 0.387 e. The number of ether oxygens (including phenoxy) is 2. The van der Waals surface area contributed by atoms with E-state index in [-0.39, 0.29) is 43.6 Å². The second-order valence-electron chi connectivity index (χ2n) is 7.74. The predicted molar refractivity (Wildman–Crippen MR) is 108 cm³/mol. The molecule has 1 aliphatic heterocycles. The summed E-state index contributed by atoms with van der Waals surface area (Å²) in [6, 6.07) is 1.97. The molecule has 9 nitrogen and oxygen atoms in total. The molecular weight excluding hydrogens is 452 g/mol. The second kappa shape index (κ2) is 10.8. The monoisotopic (exact) mass is 476 g/mol. The summed E-state index contributed by atoms with van der Waals surface area (Å²) in [4.78, 5) is 39.1. The normalized spacial score (nSPS) is 17.5. The minimum atomic E-state index is -3.22. The van der Waals surface area contributed by atoms with Gasteiger partial charge in [-0.05, 0) is 30.9 Å². The molecule has 2 fully saturated rings. The summed E-state index contributed by atoms with van der Waals surface area (Å²) in [5.74, 6) is -2.87. The molecule has 0 bridgehead atoms. The van der Waals surface area contributed by atoms with Gasteiger partial charge in [0, 0.05) is 24.8 Å². The van der Waals surface area contributed by atoms with Crippen molar-refractivity contribution in [2.75, 3.05) is 43.1 Å². The van der Waals surface area contributed by atoms with Crippen LogP contribution in [0.25, 0.3) is 0 Å². The fourth-order valence-electron chi connectivity index (χ4n) is 3.56. The lowest BCUT2D eigenvalue weighted by Gasteiger charge is -2.29. The van der Waals surface area contributed by atoms with Crippen LogP contribution in [0.4, 0.5) is 28.9 Å². The van der Waals surface area contributed by atoms with Crippen LogP contribution in [-0.2, 0) is 19.1 Å². The zero-order valence-electron chi connectivity index (χ0n) is 17.5. The predicted octanol–water partition coefficient (Wildman–Crippen LogP) is 1.42. The van der Waals surface area contributed by atoms with Crippen molar-refractivity contribution in [2.45, 2.75) is 31.9 Å². The summed E-state index contributed by atoms with van der Waals surface area (Å²) >= 11 is 0. The van der Waals surface area contributed by atoms with Crippen molar-refractivity contribution in [3.8, 4) is 5.75 Å². The maximum absolute atomic E-state index is 13.0. The van der Waals surface area contributed by atoms with Gasteiger partial charge in [0.1, 0.15) is 6.61 Å². The van der Waals surface area contributed by atoms with Crippen LogP contribution in [0.15, 0.2) is 18.2 Å². The number of nitrogens with two attached hydrogens (primary N) is 1. The standard InChI is InChI=1S/C20H24F4N4O5/c21-15(22)9-27(8-11-1-2-11)17(18(25)30)19(31)26-12-3-4-13(14(7-12)33-20(23)24)28-5-6-32-10-16(28)29/h3-4,7,11,15,17,20H,1-2,5-6,8-10H2,(H2,25,30)(H,26,31)/t17-/m1/s1. The molecule has 1 aliphatic carbocycles. The summed E-state index contributed by atoms with van der Waals surface area (Å²) in [5, 5.41) is 2.35. The van der Waals surface area contributed by atoms with Crippen LogP contribution >= 0.6 is 0 Å². The Hall–Kier alpha value is -2.93. The minimum Gasteiger partial charge on any atom is -0.433 e. The summed E-state index contributed by atoms with van der Waals surface area (Å²) in [5.41, 5.74) is 5.33. The third-order valence-corrected chi connectivity index (χ3v) is 5.17. The Kier molecular flexibility index (Phi) is 8.08. The van der Waals surface area contributed by atoms with E-state index in [1.165, 1.54) is 17.0 Å². The van der Waals surface area contributed by atoms with Gasteiger partial charge in [0.25, 0.3) is 18.2 Å². The van der Waals surface area contributed by atoms with E-state index in [9.17, 15) is 31.9 Å². The highest BCUT2D eigenvalue weighted by molar-refractivity contribution is 6.09. The van der Waals surface area contributed by atoms with Crippen molar-refractivity contribution in [2.24, 2.45) is 11.7 Å². The number of hydrogen-bond acceptors (Lipinski definition) is 6. The number of primary amides is 1. The summed E-state index contributed by atoms with van der Waals surface area (Å²) < 4.78 is 61.6. The number of alkyl halides is 4. The molecule has 1 aromatic rings. The molecule has 1 heterocycles. The van der Waals surface area contributed by atoms with Crippen molar-refractivity contribution in [1.29, 1.82) is 0 Å². The molecular formula is C20H24F4N4O5. The molecule has 182 valence electrons. The number of anilines is 2. The molecule has 3 amide bonds. The van der Waals surface area contributed by atoms with Crippen molar-refractivity contribution in [3.05, 3.63) is 18.2 Å².